The van der Waals surface area contributed by atoms with E-state index in [-0.39, 0.29) is 23.1 Å². The number of carbonyl (C=O) groups excluding carboxylic acids is 2. The number of aryl methyl sites for hydroxylation is 1. The lowest BCUT2D eigenvalue weighted by molar-refractivity contribution is -0.130. The van der Waals surface area contributed by atoms with Crippen LogP contribution in [0.25, 0.3) is 0 Å². The summed E-state index contributed by atoms with van der Waals surface area (Å²) < 4.78 is 5.25. The van der Waals surface area contributed by atoms with Gasteiger partial charge in [-0.05, 0) is 37.0 Å². The van der Waals surface area contributed by atoms with Crippen LogP contribution < -0.4 is 5.32 Å². The summed E-state index contributed by atoms with van der Waals surface area (Å²) in [6.07, 6.45) is 4.74. The zero-order valence-electron chi connectivity index (χ0n) is 14.8. The number of benzene rings is 1. The van der Waals surface area contributed by atoms with Gasteiger partial charge < -0.3 is 14.6 Å². The molecule has 2 aromatic rings. The van der Waals surface area contributed by atoms with E-state index in [9.17, 15) is 9.59 Å². The van der Waals surface area contributed by atoms with Gasteiger partial charge in [-0.1, -0.05) is 30.3 Å². The molecular weight excluding hydrogens is 328 g/mol. The summed E-state index contributed by atoms with van der Waals surface area (Å²) in [7, 11) is 0. The van der Waals surface area contributed by atoms with E-state index in [4.69, 9.17) is 4.42 Å². The number of hydrogen-bond acceptors (Lipinski definition) is 3. The normalized spacial score (nSPS) is 24.0. The fraction of sp³-hybridized carbons (Fsp3) is 0.429. The van der Waals surface area contributed by atoms with E-state index in [1.165, 1.54) is 5.56 Å². The van der Waals surface area contributed by atoms with Crippen molar-refractivity contribution in [2.75, 3.05) is 13.1 Å². The summed E-state index contributed by atoms with van der Waals surface area (Å²) in [4.78, 5) is 26.8. The van der Waals surface area contributed by atoms with Crippen molar-refractivity contribution in [2.24, 2.45) is 11.3 Å². The fourth-order valence-corrected chi connectivity index (χ4v) is 4.04. The highest BCUT2D eigenvalue weighted by molar-refractivity contribution is 5.83. The van der Waals surface area contributed by atoms with Crippen LogP contribution in [0.5, 0.6) is 0 Å². The van der Waals surface area contributed by atoms with Crippen LogP contribution in [0.3, 0.4) is 0 Å². The molecule has 2 fully saturated rings. The zero-order chi connectivity index (χ0) is 18.0. The molecule has 4 rings (SSSR count). The van der Waals surface area contributed by atoms with Crippen molar-refractivity contribution in [3.05, 3.63) is 60.1 Å². The summed E-state index contributed by atoms with van der Waals surface area (Å²) >= 11 is 0. The van der Waals surface area contributed by atoms with Crippen molar-refractivity contribution in [3.8, 4) is 0 Å². The Hall–Kier alpha value is -2.56. The van der Waals surface area contributed by atoms with Gasteiger partial charge in [0, 0.05) is 30.8 Å². The Morgan fingerprint density at radius 3 is 2.81 bits per heavy atom. The lowest BCUT2D eigenvalue weighted by Crippen LogP contribution is -2.31. The van der Waals surface area contributed by atoms with Crippen molar-refractivity contribution in [1.82, 2.24) is 10.2 Å². The second-order valence-corrected chi connectivity index (χ2v) is 7.47. The largest absolute Gasteiger partial charge is 0.467 e. The van der Waals surface area contributed by atoms with Gasteiger partial charge in [0.15, 0.2) is 0 Å². The minimum absolute atomic E-state index is 0.00958. The molecule has 1 N–H and O–H groups in total. The molecule has 1 spiro atoms. The molecular formula is C21H24N2O3. The van der Waals surface area contributed by atoms with Gasteiger partial charge in [0.1, 0.15) is 5.76 Å². The van der Waals surface area contributed by atoms with Gasteiger partial charge in [-0.15, -0.1) is 0 Å². The third kappa shape index (κ3) is 3.52. The van der Waals surface area contributed by atoms with Gasteiger partial charge in [-0.25, -0.2) is 0 Å². The number of nitrogens with one attached hydrogen (secondary N) is 1. The third-order valence-corrected chi connectivity index (χ3v) is 5.73. The van der Waals surface area contributed by atoms with Crippen LogP contribution in [0.2, 0.25) is 0 Å². The van der Waals surface area contributed by atoms with E-state index in [1.807, 2.05) is 35.2 Å². The van der Waals surface area contributed by atoms with Gasteiger partial charge in [0.05, 0.1) is 12.8 Å². The van der Waals surface area contributed by atoms with E-state index in [0.717, 1.165) is 38.1 Å². The van der Waals surface area contributed by atoms with Crippen LogP contribution in [-0.2, 0) is 22.6 Å². The molecule has 5 nitrogen and oxygen atoms in total. The molecule has 1 aliphatic carbocycles. The van der Waals surface area contributed by atoms with E-state index in [1.54, 1.807) is 6.26 Å². The molecule has 2 amide bonds. The monoisotopic (exact) mass is 352 g/mol. The molecule has 26 heavy (non-hydrogen) atoms. The molecule has 2 aliphatic rings. The Morgan fingerprint density at radius 1 is 1.19 bits per heavy atom. The Balaban J connectivity index is 1.24. The zero-order valence-corrected chi connectivity index (χ0v) is 14.8. The first-order chi connectivity index (χ1) is 12.7. The number of furan rings is 1. The Morgan fingerprint density at radius 2 is 2.04 bits per heavy atom. The van der Waals surface area contributed by atoms with Crippen LogP contribution in [-0.4, -0.2) is 29.8 Å². The highest BCUT2D eigenvalue weighted by Gasteiger charge is 2.61. The molecule has 1 saturated carbocycles. The SMILES string of the molecule is O=C(NCc1ccco1)[C@@H]1C[C@]12CCN(C(=O)CCc1ccccc1)C2. The molecule has 0 bridgehead atoms. The minimum atomic E-state index is 0.00958. The van der Waals surface area contributed by atoms with E-state index in [2.05, 4.69) is 17.4 Å². The second kappa shape index (κ2) is 6.98. The number of carbonyl (C=O) groups is 2. The summed E-state index contributed by atoms with van der Waals surface area (Å²) in [5, 5.41) is 2.95. The molecule has 1 aliphatic heterocycles. The van der Waals surface area contributed by atoms with Crippen molar-refractivity contribution >= 4 is 11.8 Å². The maximum atomic E-state index is 12.5. The van der Waals surface area contributed by atoms with Gasteiger partial charge >= 0.3 is 0 Å². The summed E-state index contributed by atoms with van der Waals surface area (Å²) in [6, 6.07) is 13.8. The number of nitrogens with zero attached hydrogens (tertiary/aromatic N) is 1. The smallest absolute Gasteiger partial charge is 0.224 e. The molecule has 2 heterocycles. The third-order valence-electron chi connectivity index (χ3n) is 5.73. The number of hydrogen-bond donors (Lipinski definition) is 1. The average Bonchev–Trinajstić information content (AvgIpc) is 3.02. The molecule has 136 valence electrons. The predicted octanol–water partition coefficient (Wildman–Crippen LogP) is 2.77. The summed E-state index contributed by atoms with van der Waals surface area (Å²) in [5.74, 6) is 1.08. The van der Waals surface area contributed by atoms with Crippen molar-refractivity contribution in [1.29, 1.82) is 0 Å². The van der Waals surface area contributed by atoms with Crippen LogP contribution in [0.4, 0.5) is 0 Å². The highest BCUT2D eigenvalue weighted by Crippen LogP contribution is 2.58. The highest BCUT2D eigenvalue weighted by atomic mass is 16.3. The maximum Gasteiger partial charge on any atom is 0.224 e. The first kappa shape index (κ1) is 16.9. The van der Waals surface area contributed by atoms with Gasteiger partial charge in [0.2, 0.25) is 11.8 Å². The minimum Gasteiger partial charge on any atom is -0.467 e. The van der Waals surface area contributed by atoms with Gasteiger partial charge in [-0.2, -0.15) is 0 Å². The predicted molar refractivity (Wildman–Crippen MR) is 97.1 cm³/mol. The number of rotatable bonds is 6. The maximum absolute atomic E-state index is 12.5. The second-order valence-electron chi connectivity index (χ2n) is 7.47. The molecule has 0 radical (unpaired) electrons. The average molecular weight is 352 g/mol. The molecule has 2 atom stereocenters. The Labute approximate surface area is 153 Å². The molecule has 1 aromatic carbocycles. The quantitative estimate of drug-likeness (QED) is 0.869. The van der Waals surface area contributed by atoms with Gasteiger partial charge in [-0.3, -0.25) is 9.59 Å². The summed E-state index contributed by atoms with van der Waals surface area (Å²) in [5.41, 5.74) is 1.20. The standard InChI is InChI=1S/C21H24N2O3/c24-19(9-8-16-5-2-1-3-6-16)23-11-10-21(15-23)13-18(21)20(25)22-14-17-7-4-12-26-17/h1-7,12,18H,8-11,13-15H2,(H,22,25)/t18-,21-/m0/s1. The van der Waals surface area contributed by atoms with Crippen LogP contribution in [0, 0.1) is 11.3 Å². The van der Waals surface area contributed by atoms with Crippen LogP contribution in [0.15, 0.2) is 53.1 Å². The molecule has 1 saturated heterocycles. The van der Waals surface area contributed by atoms with Crippen molar-refractivity contribution in [2.45, 2.75) is 32.2 Å². The first-order valence-corrected chi connectivity index (χ1v) is 9.28. The Bertz CT molecular complexity index is 772. The fourth-order valence-electron chi connectivity index (χ4n) is 4.04. The molecule has 5 heteroatoms. The lowest BCUT2D eigenvalue weighted by Gasteiger charge is -2.17. The van der Waals surface area contributed by atoms with Gasteiger partial charge in [0.25, 0.3) is 0 Å². The lowest BCUT2D eigenvalue weighted by atomic mass is 10.0. The summed E-state index contributed by atoms with van der Waals surface area (Å²) in [6.45, 7) is 1.92. The Kier molecular flexibility index (Phi) is 4.53. The molecule has 0 unspecified atom stereocenters. The first-order valence-electron chi connectivity index (χ1n) is 9.28. The van der Waals surface area contributed by atoms with Crippen molar-refractivity contribution < 1.29 is 14.0 Å². The number of likely N-dealkylation sites (tertiary alicyclic amines) is 1. The van der Waals surface area contributed by atoms with E-state index < -0.39 is 0 Å². The van der Waals surface area contributed by atoms with E-state index >= 15 is 0 Å². The van der Waals surface area contributed by atoms with E-state index in [0.29, 0.717) is 13.0 Å². The topological polar surface area (TPSA) is 62.6 Å². The molecule has 1 aromatic heterocycles. The number of amides is 2. The van der Waals surface area contributed by atoms with Crippen LogP contribution >= 0.6 is 0 Å². The van der Waals surface area contributed by atoms with Crippen molar-refractivity contribution in [3.63, 3.8) is 0 Å². The van der Waals surface area contributed by atoms with Crippen LogP contribution in [0.1, 0.15) is 30.6 Å².